The van der Waals surface area contributed by atoms with Crippen LogP contribution in [0.5, 0.6) is 5.75 Å². The van der Waals surface area contributed by atoms with E-state index in [9.17, 15) is 4.79 Å². The molecule has 1 aromatic carbocycles. The van der Waals surface area contributed by atoms with Gasteiger partial charge in [0.05, 0.1) is 18.5 Å². The van der Waals surface area contributed by atoms with E-state index < -0.39 is 0 Å². The number of benzene rings is 1. The van der Waals surface area contributed by atoms with E-state index >= 15 is 0 Å². The molecule has 0 N–H and O–H groups in total. The van der Waals surface area contributed by atoms with Crippen molar-refractivity contribution in [2.75, 3.05) is 6.61 Å². The minimum Gasteiger partial charge on any atom is -0.489 e. The predicted octanol–water partition coefficient (Wildman–Crippen LogP) is 2.88. The normalized spacial score (nSPS) is 23.1. The highest BCUT2D eigenvalue weighted by molar-refractivity contribution is 5.64. The Balaban J connectivity index is 1.81. The second kappa shape index (κ2) is 5.87. The van der Waals surface area contributed by atoms with Gasteiger partial charge in [-0.3, -0.25) is 0 Å². The summed E-state index contributed by atoms with van der Waals surface area (Å²) >= 11 is 0. The highest BCUT2D eigenvalue weighted by Gasteiger charge is 2.56. The topological polar surface area (TPSA) is 52.1 Å². The number of hydrogen-bond acceptors (Lipinski definition) is 4. The zero-order valence-electron chi connectivity index (χ0n) is 13.0. The molecule has 1 fully saturated rings. The average molecular weight is 296 g/mol. The van der Waals surface area contributed by atoms with Gasteiger partial charge in [-0.05, 0) is 25.3 Å². The Morgan fingerprint density at radius 2 is 2.14 bits per heavy atom. The Labute approximate surface area is 130 Å². The number of hydrogen-bond donors (Lipinski definition) is 0. The van der Waals surface area contributed by atoms with Crippen LogP contribution in [-0.4, -0.2) is 22.9 Å². The highest BCUT2D eigenvalue weighted by Crippen LogP contribution is 2.53. The Morgan fingerprint density at radius 1 is 1.36 bits per heavy atom. The molecule has 2 aromatic rings. The summed E-state index contributed by atoms with van der Waals surface area (Å²) in [7, 11) is 0. The van der Waals surface area contributed by atoms with Gasteiger partial charge in [0.1, 0.15) is 12.1 Å². The third-order valence-corrected chi connectivity index (χ3v) is 4.42. The summed E-state index contributed by atoms with van der Waals surface area (Å²) in [5.41, 5.74) is 1.89. The monoisotopic (exact) mass is 296 g/mol. The van der Waals surface area contributed by atoms with Gasteiger partial charge >= 0.3 is 0 Å². The van der Waals surface area contributed by atoms with Crippen LogP contribution in [0, 0.1) is 12.8 Å². The first kappa shape index (κ1) is 14.7. The first-order chi connectivity index (χ1) is 10.7. The number of ether oxygens (including phenoxy) is 1. The van der Waals surface area contributed by atoms with E-state index in [1.54, 1.807) is 6.20 Å². The molecule has 22 heavy (non-hydrogen) atoms. The maximum atomic E-state index is 11.3. The first-order valence-corrected chi connectivity index (χ1v) is 7.65. The number of carbonyl (C=O) groups is 1. The molecule has 3 rings (SSSR count). The van der Waals surface area contributed by atoms with E-state index in [1.807, 2.05) is 32.0 Å². The van der Waals surface area contributed by atoms with Crippen LogP contribution in [0.2, 0.25) is 0 Å². The van der Waals surface area contributed by atoms with Crippen molar-refractivity contribution in [3.63, 3.8) is 0 Å². The molecule has 0 bridgehead atoms. The molecule has 0 saturated heterocycles. The van der Waals surface area contributed by atoms with Crippen LogP contribution in [0.25, 0.3) is 0 Å². The summed E-state index contributed by atoms with van der Waals surface area (Å²) in [4.78, 5) is 19.9. The molecule has 2 atom stereocenters. The maximum Gasteiger partial charge on any atom is 0.159 e. The standard InChI is InChI=1S/C18H20N2O2/c1-3-16-17(10-19-13(2)20-16)22-12-18(9-15(18)11-21)14-7-5-4-6-8-14/h4-8,10-11,15H,3,9,12H2,1-2H3/t15-,18+/m0/s1. The number of aldehydes is 1. The van der Waals surface area contributed by atoms with E-state index in [1.165, 1.54) is 0 Å². The van der Waals surface area contributed by atoms with Gasteiger partial charge in [0.2, 0.25) is 0 Å². The van der Waals surface area contributed by atoms with Crippen molar-refractivity contribution >= 4 is 6.29 Å². The SMILES string of the molecule is CCc1nc(C)ncc1OC[C@@]1(c2ccccc2)C[C@H]1C=O. The summed E-state index contributed by atoms with van der Waals surface area (Å²) in [6.45, 7) is 4.41. The number of aryl methyl sites for hydroxylation is 2. The second-order valence-corrected chi connectivity index (χ2v) is 5.84. The van der Waals surface area contributed by atoms with Crippen molar-refractivity contribution < 1.29 is 9.53 Å². The van der Waals surface area contributed by atoms with Crippen molar-refractivity contribution in [3.05, 3.63) is 53.6 Å². The molecular formula is C18H20N2O2. The van der Waals surface area contributed by atoms with Crippen LogP contribution in [0.15, 0.2) is 36.5 Å². The van der Waals surface area contributed by atoms with Crippen LogP contribution in [0.4, 0.5) is 0 Å². The third-order valence-electron chi connectivity index (χ3n) is 4.42. The number of nitrogens with zero attached hydrogens (tertiary/aromatic N) is 2. The van der Waals surface area contributed by atoms with Gasteiger partial charge in [-0.15, -0.1) is 0 Å². The minimum atomic E-state index is -0.196. The fourth-order valence-corrected chi connectivity index (χ4v) is 2.95. The molecule has 1 saturated carbocycles. The zero-order chi connectivity index (χ0) is 15.6. The summed E-state index contributed by atoms with van der Waals surface area (Å²) in [5.74, 6) is 1.51. The fourth-order valence-electron chi connectivity index (χ4n) is 2.95. The molecule has 1 heterocycles. The van der Waals surface area contributed by atoms with Gasteiger partial charge in [-0.2, -0.15) is 0 Å². The van der Waals surface area contributed by atoms with Crippen LogP contribution < -0.4 is 4.74 Å². The molecule has 0 amide bonds. The molecule has 4 heteroatoms. The molecule has 0 radical (unpaired) electrons. The lowest BCUT2D eigenvalue weighted by Gasteiger charge is -2.18. The smallest absolute Gasteiger partial charge is 0.159 e. The Morgan fingerprint density at radius 3 is 2.77 bits per heavy atom. The van der Waals surface area contributed by atoms with Gasteiger partial charge < -0.3 is 9.53 Å². The Bertz CT molecular complexity index is 672. The van der Waals surface area contributed by atoms with E-state index in [0.29, 0.717) is 6.61 Å². The van der Waals surface area contributed by atoms with Gasteiger partial charge in [-0.25, -0.2) is 9.97 Å². The number of aromatic nitrogens is 2. The molecular weight excluding hydrogens is 276 g/mol. The number of rotatable bonds is 6. The van der Waals surface area contributed by atoms with Crippen molar-refractivity contribution in [2.24, 2.45) is 5.92 Å². The molecule has 0 aliphatic heterocycles. The van der Waals surface area contributed by atoms with Crippen LogP contribution in [0.3, 0.4) is 0 Å². The average Bonchev–Trinajstić information content (AvgIpc) is 3.29. The van der Waals surface area contributed by atoms with Crippen LogP contribution >= 0.6 is 0 Å². The van der Waals surface area contributed by atoms with E-state index in [-0.39, 0.29) is 11.3 Å². The van der Waals surface area contributed by atoms with Crippen molar-refractivity contribution in [3.8, 4) is 5.75 Å². The highest BCUT2D eigenvalue weighted by atomic mass is 16.5. The van der Waals surface area contributed by atoms with Gasteiger partial charge in [0, 0.05) is 11.3 Å². The molecule has 114 valence electrons. The molecule has 4 nitrogen and oxygen atoms in total. The maximum absolute atomic E-state index is 11.3. The van der Waals surface area contributed by atoms with Crippen molar-refractivity contribution in [2.45, 2.75) is 32.1 Å². The van der Waals surface area contributed by atoms with E-state index in [0.717, 1.165) is 42.0 Å². The van der Waals surface area contributed by atoms with Gasteiger partial charge in [0.25, 0.3) is 0 Å². The Kier molecular flexibility index (Phi) is 3.92. The molecule has 0 spiro atoms. The predicted molar refractivity (Wildman–Crippen MR) is 83.9 cm³/mol. The van der Waals surface area contributed by atoms with E-state index in [2.05, 4.69) is 22.1 Å². The van der Waals surface area contributed by atoms with Crippen molar-refractivity contribution in [1.29, 1.82) is 0 Å². The summed E-state index contributed by atoms with van der Waals surface area (Å²) in [6.07, 6.45) is 4.42. The van der Waals surface area contributed by atoms with Crippen LogP contribution in [-0.2, 0) is 16.6 Å². The van der Waals surface area contributed by atoms with Gasteiger partial charge in [-0.1, -0.05) is 37.3 Å². The molecule has 1 aromatic heterocycles. The number of carbonyl (C=O) groups excluding carboxylic acids is 1. The molecule has 0 unspecified atom stereocenters. The lowest BCUT2D eigenvalue weighted by atomic mass is 9.94. The lowest BCUT2D eigenvalue weighted by Crippen LogP contribution is -2.21. The zero-order valence-corrected chi connectivity index (χ0v) is 13.0. The third kappa shape index (κ3) is 2.61. The fraction of sp³-hybridized carbons (Fsp3) is 0.389. The first-order valence-electron chi connectivity index (χ1n) is 7.65. The summed E-state index contributed by atoms with van der Waals surface area (Å²) in [6, 6.07) is 10.1. The quantitative estimate of drug-likeness (QED) is 0.769. The van der Waals surface area contributed by atoms with Crippen LogP contribution in [0.1, 0.15) is 30.4 Å². The molecule has 1 aliphatic rings. The van der Waals surface area contributed by atoms with Crippen molar-refractivity contribution in [1.82, 2.24) is 9.97 Å². The Hall–Kier alpha value is -2.23. The second-order valence-electron chi connectivity index (χ2n) is 5.84. The van der Waals surface area contributed by atoms with Gasteiger partial charge in [0.15, 0.2) is 5.75 Å². The molecule has 1 aliphatic carbocycles. The summed E-state index contributed by atoms with van der Waals surface area (Å²) in [5, 5.41) is 0. The lowest BCUT2D eigenvalue weighted by molar-refractivity contribution is -0.109. The summed E-state index contributed by atoms with van der Waals surface area (Å²) < 4.78 is 6.01. The van der Waals surface area contributed by atoms with E-state index in [4.69, 9.17) is 4.74 Å². The minimum absolute atomic E-state index is 0.0337. The largest absolute Gasteiger partial charge is 0.489 e.